The summed E-state index contributed by atoms with van der Waals surface area (Å²) in [5.74, 6) is -1.47. The molecule has 1 amide bonds. The van der Waals surface area contributed by atoms with Crippen LogP contribution in [0.3, 0.4) is 0 Å². The van der Waals surface area contributed by atoms with Gasteiger partial charge in [0.05, 0.1) is 5.92 Å². The molecule has 0 atom stereocenters. The third kappa shape index (κ3) is 4.98. The number of aliphatic carboxylic acids is 1. The van der Waals surface area contributed by atoms with E-state index < -0.39 is 5.97 Å². The number of rotatable bonds is 4. The molecule has 0 aromatic rings. The fraction of sp³-hybridized carbons (Fsp3) is 0.706. The van der Waals surface area contributed by atoms with Crippen LogP contribution >= 0.6 is 0 Å². The Balaban J connectivity index is 1.89. The summed E-state index contributed by atoms with van der Waals surface area (Å²) in [7, 11) is 0. The molecule has 1 saturated carbocycles. The molecular formula is C17H25N3O3. The Hall–Kier alpha value is -2.03. The van der Waals surface area contributed by atoms with Gasteiger partial charge in [0, 0.05) is 25.3 Å². The van der Waals surface area contributed by atoms with Gasteiger partial charge in [-0.25, -0.2) is 0 Å². The third-order valence-electron chi connectivity index (χ3n) is 4.80. The molecule has 23 heavy (non-hydrogen) atoms. The summed E-state index contributed by atoms with van der Waals surface area (Å²) in [4.78, 5) is 24.9. The highest BCUT2D eigenvalue weighted by atomic mass is 16.4. The summed E-state index contributed by atoms with van der Waals surface area (Å²) in [6.45, 7) is 0.802. The molecule has 0 spiro atoms. The molecule has 0 bridgehead atoms. The van der Waals surface area contributed by atoms with Crippen molar-refractivity contribution in [3.63, 3.8) is 0 Å². The fourth-order valence-corrected chi connectivity index (χ4v) is 3.29. The van der Waals surface area contributed by atoms with Gasteiger partial charge in [-0.1, -0.05) is 25.7 Å². The van der Waals surface area contributed by atoms with Crippen molar-refractivity contribution in [3.05, 3.63) is 11.8 Å². The molecule has 0 unspecified atom stereocenters. The van der Waals surface area contributed by atoms with Crippen LogP contribution in [0.2, 0.25) is 0 Å². The number of nitrogens with zero attached hydrogens (tertiary/aromatic N) is 2. The van der Waals surface area contributed by atoms with E-state index in [-0.39, 0.29) is 17.4 Å². The van der Waals surface area contributed by atoms with Crippen LogP contribution in [0.1, 0.15) is 51.4 Å². The summed E-state index contributed by atoms with van der Waals surface area (Å²) >= 11 is 0. The average molecular weight is 319 g/mol. The Kier molecular flexibility index (Phi) is 6.45. The SMILES string of the molecule is N#C/C(=C/NC1CCCCCC1)C(=O)N1CCC(C(=O)O)CC1. The van der Waals surface area contributed by atoms with Gasteiger partial charge < -0.3 is 15.3 Å². The first-order valence-corrected chi connectivity index (χ1v) is 8.50. The minimum Gasteiger partial charge on any atom is -0.481 e. The Morgan fingerprint density at radius 1 is 1.09 bits per heavy atom. The lowest BCUT2D eigenvalue weighted by Gasteiger charge is -2.30. The lowest BCUT2D eigenvalue weighted by atomic mass is 9.97. The smallest absolute Gasteiger partial charge is 0.306 e. The van der Waals surface area contributed by atoms with E-state index in [1.165, 1.54) is 25.7 Å². The lowest BCUT2D eigenvalue weighted by molar-refractivity contribution is -0.145. The van der Waals surface area contributed by atoms with Crippen LogP contribution in [0, 0.1) is 17.2 Å². The normalized spacial score (nSPS) is 21.3. The minimum absolute atomic E-state index is 0.114. The molecule has 2 fully saturated rings. The van der Waals surface area contributed by atoms with Crippen molar-refractivity contribution in [3.8, 4) is 6.07 Å². The first-order valence-electron chi connectivity index (χ1n) is 8.50. The molecule has 0 aromatic heterocycles. The van der Waals surface area contributed by atoms with Gasteiger partial charge in [0.1, 0.15) is 11.6 Å². The van der Waals surface area contributed by atoms with Crippen molar-refractivity contribution in [2.24, 2.45) is 5.92 Å². The van der Waals surface area contributed by atoms with Gasteiger partial charge in [-0.05, 0) is 25.7 Å². The van der Waals surface area contributed by atoms with E-state index >= 15 is 0 Å². The van der Waals surface area contributed by atoms with Crippen molar-refractivity contribution in [1.82, 2.24) is 10.2 Å². The van der Waals surface area contributed by atoms with Crippen LogP contribution in [0.15, 0.2) is 11.8 Å². The standard InChI is InChI=1S/C17H25N3O3/c18-11-14(12-19-15-5-3-1-2-4-6-15)16(21)20-9-7-13(8-10-20)17(22)23/h12-13,15,19H,1-10H2,(H,22,23)/b14-12-. The molecule has 6 nitrogen and oxygen atoms in total. The van der Waals surface area contributed by atoms with Crippen molar-refractivity contribution < 1.29 is 14.7 Å². The maximum Gasteiger partial charge on any atom is 0.306 e. The Labute approximate surface area is 137 Å². The van der Waals surface area contributed by atoms with Gasteiger partial charge in [0.15, 0.2) is 0 Å². The molecular weight excluding hydrogens is 294 g/mol. The second-order valence-electron chi connectivity index (χ2n) is 6.43. The second kappa shape index (κ2) is 8.56. The number of hydrogen-bond acceptors (Lipinski definition) is 4. The number of nitriles is 1. The van der Waals surface area contributed by atoms with E-state index in [9.17, 15) is 14.9 Å². The van der Waals surface area contributed by atoms with Crippen LogP contribution in [-0.4, -0.2) is 41.0 Å². The van der Waals surface area contributed by atoms with Crippen LogP contribution in [0.25, 0.3) is 0 Å². The van der Waals surface area contributed by atoms with Gasteiger partial charge in [-0.3, -0.25) is 9.59 Å². The summed E-state index contributed by atoms with van der Waals surface area (Å²) in [6.07, 6.45) is 9.50. The maximum atomic E-state index is 12.4. The number of likely N-dealkylation sites (tertiary alicyclic amines) is 1. The highest BCUT2D eigenvalue weighted by Crippen LogP contribution is 2.19. The molecule has 2 aliphatic rings. The van der Waals surface area contributed by atoms with E-state index in [1.807, 2.05) is 6.07 Å². The predicted molar refractivity (Wildman–Crippen MR) is 85.3 cm³/mol. The fourth-order valence-electron chi connectivity index (χ4n) is 3.29. The third-order valence-corrected chi connectivity index (χ3v) is 4.80. The first-order chi connectivity index (χ1) is 11.1. The highest BCUT2D eigenvalue weighted by Gasteiger charge is 2.28. The van der Waals surface area contributed by atoms with E-state index in [1.54, 1.807) is 11.1 Å². The quantitative estimate of drug-likeness (QED) is 0.470. The summed E-state index contributed by atoms with van der Waals surface area (Å²) in [5, 5.41) is 21.5. The van der Waals surface area contributed by atoms with E-state index in [2.05, 4.69) is 5.32 Å². The van der Waals surface area contributed by atoms with Gasteiger partial charge in [0.25, 0.3) is 5.91 Å². The average Bonchev–Trinajstić information content (AvgIpc) is 2.84. The molecule has 0 radical (unpaired) electrons. The summed E-state index contributed by atoms with van der Waals surface area (Å²) in [5.41, 5.74) is 0.114. The molecule has 0 aromatic carbocycles. The highest BCUT2D eigenvalue weighted by molar-refractivity contribution is 5.97. The van der Waals surface area contributed by atoms with Crippen molar-refractivity contribution in [1.29, 1.82) is 5.26 Å². The van der Waals surface area contributed by atoms with E-state index in [0.29, 0.717) is 32.0 Å². The number of carbonyl (C=O) groups is 2. The van der Waals surface area contributed by atoms with Crippen molar-refractivity contribution in [2.45, 2.75) is 57.4 Å². The lowest BCUT2D eigenvalue weighted by Crippen LogP contribution is -2.41. The monoisotopic (exact) mass is 319 g/mol. The van der Waals surface area contributed by atoms with Crippen LogP contribution in [-0.2, 0) is 9.59 Å². The molecule has 1 saturated heterocycles. The number of carbonyl (C=O) groups excluding carboxylic acids is 1. The zero-order valence-corrected chi connectivity index (χ0v) is 13.5. The summed E-state index contributed by atoms with van der Waals surface area (Å²) in [6, 6.07) is 2.32. The van der Waals surface area contributed by atoms with Crippen LogP contribution in [0.5, 0.6) is 0 Å². The first kappa shape index (κ1) is 17.3. The largest absolute Gasteiger partial charge is 0.481 e. The van der Waals surface area contributed by atoms with Crippen LogP contribution in [0.4, 0.5) is 0 Å². The molecule has 1 heterocycles. The number of amides is 1. The zero-order chi connectivity index (χ0) is 16.7. The minimum atomic E-state index is -0.803. The van der Waals surface area contributed by atoms with Crippen molar-refractivity contribution in [2.75, 3.05) is 13.1 Å². The molecule has 6 heteroatoms. The zero-order valence-electron chi connectivity index (χ0n) is 13.5. The molecule has 2 N–H and O–H groups in total. The van der Waals surface area contributed by atoms with Gasteiger partial charge in [0.2, 0.25) is 0 Å². The molecule has 2 rings (SSSR count). The van der Waals surface area contributed by atoms with Crippen molar-refractivity contribution >= 4 is 11.9 Å². The van der Waals surface area contributed by atoms with Gasteiger partial charge in [-0.2, -0.15) is 5.26 Å². The number of carboxylic acids is 1. The Morgan fingerprint density at radius 2 is 1.70 bits per heavy atom. The topological polar surface area (TPSA) is 93.4 Å². The number of hydrogen-bond donors (Lipinski definition) is 2. The van der Waals surface area contributed by atoms with E-state index in [0.717, 1.165) is 12.8 Å². The Morgan fingerprint density at radius 3 is 2.22 bits per heavy atom. The maximum absolute atomic E-state index is 12.4. The van der Waals surface area contributed by atoms with Gasteiger partial charge >= 0.3 is 5.97 Å². The molecule has 1 aliphatic carbocycles. The predicted octanol–water partition coefficient (Wildman–Crippen LogP) is 2.03. The number of nitrogens with one attached hydrogen (secondary N) is 1. The van der Waals surface area contributed by atoms with Gasteiger partial charge in [-0.15, -0.1) is 0 Å². The second-order valence-corrected chi connectivity index (χ2v) is 6.43. The number of carboxylic acid groups (broad SMARTS) is 1. The molecule has 126 valence electrons. The Bertz CT molecular complexity index is 494. The summed E-state index contributed by atoms with van der Waals surface area (Å²) < 4.78 is 0. The molecule has 1 aliphatic heterocycles. The van der Waals surface area contributed by atoms with Crippen LogP contribution < -0.4 is 5.32 Å². The van der Waals surface area contributed by atoms with E-state index in [4.69, 9.17) is 5.11 Å². The number of piperidine rings is 1.